The van der Waals surface area contributed by atoms with E-state index in [1.54, 1.807) is 6.07 Å². The van der Waals surface area contributed by atoms with Gasteiger partial charge in [0.25, 0.3) is 0 Å². The molecule has 21 heavy (non-hydrogen) atoms. The molecule has 0 bridgehead atoms. The largest absolute Gasteiger partial charge is 0.469 e. The van der Waals surface area contributed by atoms with E-state index in [4.69, 9.17) is 11.6 Å². The van der Waals surface area contributed by atoms with Gasteiger partial charge in [0, 0.05) is 28.5 Å². The van der Waals surface area contributed by atoms with Crippen molar-refractivity contribution in [3.63, 3.8) is 0 Å². The van der Waals surface area contributed by atoms with E-state index in [2.05, 4.69) is 15.6 Å². The zero-order valence-corrected chi connectivity index (χ0v) is 12.5. The molecule has 1 heterocycles. The van der Waals surface area contributed by atoms with Crippen LogP contribution in [0.25, 0.3) is 0 Å². The van der Waals surface area contributed by atoms with Crippen LogP contribution in [0.15, 0.2) is 18.2 Å². The maximum atomic E-state index is 14.2. The summed E-state index contributed by atoms with van der Waals surface area (Å²) in [5.41, 5.74) is 5.80. The first-order valence-corrected chi connectivity index (χ1v) is 7.03. The monoisotopic (exact) mass is 316 g/mol. The fraction of sp³-hybridized carbons (Fsp3) is 0.500. The smallest absolute Gasteiger partial charge is 0.306 e. The standard InChI is InChI=1S/C14H18ClFN2O3/c1-7-12(14(20)18-17-7)8(6-11(19)21-2)13-9(15)4-3-5-10(13)16/h3-5,7-8,12,14,17-18,20H,6H2,1-2H3. The summed E-state index contributed by atoms with van der Waals surface area (Å²) in [4.78, 5) is 11.7. The molecule has 4 atom stereocenters. The summed E-state index contributed by atoms with van der Waals surface area (Å²) in [5, 5.41) is 10.3. The Kier molecular flexibility index (Phi) is 5.16. The summed E-state index contributed by atoms with van der Waals surface area (Å²) in [6.45, 7) is 1.84. The number of hydrogen-bond acceptors (Lipinski definition) is 5. The van der Waals surface area contributed by atoms with Crippen molar-refractivity contribution in [2.75, 3.05) is 7.11 Å². The highest BCUT2D eigenvalue weighted by molar-refractivity contribution is 6.31. The molecule has 1 saturated heterocycles. The quantitative estimate of drug-likeness (QED) is 0.735. The molecule has 0 radical (unpaired) electrons. The summed E-state index contributed by atoms with van der Waals surface area (Å²) in [6.07, 6.45) is -0.975. The number of rotatable bonds is 4. The van der Waals surface area contributed by atoms with Gasteiger partial charge in [-0.3, -0.25) is 10.2 Å². The van der Waals surface area contributed by atoms with Crippen molar-refractivity contribution in [2.24, 2.45) is 5.92 Å². The molecule has 1 aliphatic rings. The summed E-state index contributed by atoms with van der Waals surface area (Å²) in [7, 11) is 1.27. The first kappa shape index (κ1) is 16.2. The van der Waals surface area contributed by atoms with Crippen molar-refractivity contribution in [3.05, 3.63) is 34.6 Å². The predicted molar refractivity (Wildman–Crippen MR) is 76.0 cm³/mol. The Bertz CT molecular complexity index is 499. The van der Waals surface area contributed by atoms with Crippen LogP contribution < -0.4 is 10.9 Å². The van der Waals surface area contributed by atoms with E-state index in [1.165, 1.54) is 19.2 Å². The summed E-state index contributed by atoms with van der Waals surface area (Å²) >= 11 is 6.11. The van der Waals surface area contributed by atoms with Crippen LogP contribution in [0.3, 0.4) is 0 Å². The number of aliphatic hydroxyl groups excluding tert-OH is 1. The Balaban J connectivity index is 2.43. The second-order valence-corrected chi connectivity index (χ2v) is 5.53. The molecule has 4 unspecified atom stereocenters. The normalized spacial score (nSPS) is 26.6. The van der Waals surface area contributed by atoms with Gasteiger partial charge in [0.2, 0.25) is 0 Å². The molecule has 1 aromatic carbocycles. The lowest BCUT2D eigenvalue weighted by atomic mass is 9.79. The van der Waals surface area contributed by atoms with Crippen LogP contribution in [0.4, 0.5) is 4.39 Å². The fourth-order valence-corrected chi connectivity index (χ4v) is 3.11. The van der Waals surface area contributed by atoms with Gasteiger partial charge < -0.3 is 9.84 Å². The molecular formula is C14H18ClFN2O3. The molecule has 1 aromatic rings. The van der Waals surface area contributed by atoms with Crippen LogP contribution >= 0.6 is 11.6 Å². The molecule has 0 aliphatic carbocycles. The molecule has 1 aliphatic heterocycles. The number of aliphatic hydroxyl groups is 1. The van der Waals surface area contributed by atoms with E-state index in [1.807, 2.05) is 6.92 Å². The van der Waals surface area contributed by atoms with Crippen molar-refractivity contribution in [3.8, 4) is 0 Å². The molecule has 2 rings (SSSR count). The van der Waals surface area contributed by atoms with Crippen LogP contribution in [0.5, 0.6) is 0 Å². The maximum Gasteiger partial charge on any atom is 0.306 e. The van der Waals surface area contributed by atoms with Crippen LogP contribution in [-0.4, -0.2) is 30.5 Å². The molecule has 0 aromatic heterocycles. The number of hydrazine groups is 1. The first-order chi connectivity index (χ1) is 9.95. The van der Waals surface area contributed by atoms with E-state index in [9.17, 15) is 14.3 Å². The number of ether oxygens (including phenoxy) is 1. The second-order valence-electron chi connectivity index (χ2n) is 5.12. The van der Waals surface area contributed by atoms with Crippen LogP contribution in [0.1, 0.15) is 24.8 Å². The summed E-state index contributed by atoms with van der Waals surface area (Å²) in [6, 6.07) is 4.20. The van der Waals surface area contributed by atoms with Gasteiger partial charge in [0.15, 0.2) is 0 Å². The Morgan fingerprint density at radius 3 is 2.76 bits per heavy atom. The Hall–Kier alpha value is -1.21. The average molecular weight is 317 g/mol. The summed E-state index contributed by atoms with van der Waals surface area (Å²) < 4.78 is 18.9. The van der Waals surface area contributed by atoms with E-state index in [0.717, 1.165) is 0 Å². The number of nitrogens with one attached hydrogen (secondary N) is 2. The fourth-order valence-electron chi connectivity index (χ4n) is 2.81. The molecular weight excluding hydrogens is 299 g/mol. The van der Waals surface area contributed by atoms with E-state index in [0.29, 0.717) is 0 Å². The summed E-state index contributed by atoms with van der Waals surface area (Å²) in [5.74, 6) is -1.99. The zero-order chi connectivity index (χ0) is 15.6. The number of carbonyl (C=O) groups is 1. The van der Waals surface area contributed by atoms with Crippen LogP contribution in [0, 0.1) is 11.7 Å². The Morgan fingerprint density at radius 1 is 1.52 bits per heavy atom. The van der Waals surface area contributed by atoms with Gasteiger partial charge >= 0.3 is 5.97 Å². The predicted octanol–water partition coefficient (Wildman–Crippen LogP) is 1.56. The maximum absolute atomic E-state index is 14.2. The highest BCUT2D eigenvalue weighted by Gasteiger charge is 2.41. The molecule has 0 amide bonds. The van der Waals surface area contributed by atoms with Gasteiger partial charge in [-0.15, -0.1) is 0 Å². The molecule has 0 spiro atoms. The van der Waals surface area contributed by atoms with Crippen molar-refractivity contribution >= 4 is 17.6 Å². The highest BCUT2D eigenvalue weighted by atomic mass is 35.5. The number of methoxy groups -OCH3 is 1. The molecule has 7 heteroatoms. The third-order valence-corrected chi connectivity index (χ3v) is 4.18. The lowest BCUT2D eigenvalue weighted by Crippen LogP contribution is -2.34. The number of hydrogen-bond donors (Lipinski definition) is 3. The number of halogens is 2. The van der Waals surface area contributed by atoms with Crippen molar-refractivity contribution in [1.29, 1.82) is 0 Å². The Labute approximate surface area is 127 Å². The molecule has 5 nitrogen and oxygen atoms in total. The van der Waals surface area contributed by atoms with Crippen molar-refractivity contribution in [2.45, 2.75) is 31.5 Å². The van der Waals surface area contributed by atoms with E-state index in [-0.39, 0.29) is 23.0 Å². The van der Waals surface area contributed by atoms with Gasteiger partial charge in [-0.05, 0) is 19.1 Å². The topological polar surface area (TPSA) is 70.6 Å². The minimum Gasteiger partial charge on any atom is -0.469 e. The second kappa shape index (κ2) is 6.70. The lowest BCUT2D eigenvalue weighted by molar-refractivity contribution is -0.141. The van der Waals surface area contributed by atoms with E-state index < -0.39 is 29.9 Å². The van der Waals surface area contributed by atoms with Gasteiger partial charge in [-0.2, -0.15) is 0 Å². The van der Waals surface area contributed by atoms with Gasteiger partial charge in [-0.25, -0.2) is 9.82 Å². The molecule has 3 N–H and O–H groups in total. The van der Waals surface area contributed by atoms with Crippen LogP contribution in [0.2, 0.25) is 5.02 Å². The number of benzene rings is 1. The number of carbonyl (C=O) groups excluding carboxylic acids is 1. The third-order valence-electron chi connectivity index (χ3n) is 3.85. The van der Waals surface area contributed by atoms with Crippen molar-refractivity contribution in [1.82, 2.24) is 10.9 Å². The van der Waals surface area contributed by atoms with Gasteiger partial charge in [-0.1, -0.05) is 17.7 Å². The Morgan fingerprint density at radius 2 is 2.24 bits per heavy atom. The molecule has 116 valence electrons. The average Bonchev–Trinajstić information content (AvgIpc) is 2.76. The van der Waals surface area contributed by atoms with Crippen LogP contribution in [-0.2, 0) is 9.53 Å². The van der Waals surface area contributed by atoms with E-state index >= 15 is 0 Å². The van der Waals surface area contributed by atoms with Gasteiger partial charge in [0.1, 0.15) is 12.0 Å². The zero-order valence-electron chi connectivity index (χ0n) is 11.8. The minimum atomic E-state index is -0.912. The number of esters is 1. The third kappa shape index (κ3) is 3.35. The lowest BCUT2D eigenvalue weighted by Gasteiger charge is -2.28. The van der Waals surface area contributed by atoms with Crippen molar-refractivity contribution < 1.29 is 19.0 Å². The molecule has 0 saturated carbocycles. The minimum absolute atomic E-state index is 0.0629. The SMILES string of the molecule is COC(=O)CC(c1c(F)cccc1Cl)C1C(C)NNC1O. The molecule has 1 fully saturated rings. The van der Waals surface area contributed by atoms with Gasteiger partial charge in [0.05, 0.1) is 13.5 Å². The first-order valence-electron chi connectivity index (χ1n) is 6.65. The highest BCUT2D eigenvalue weighted by Crippen LogP contribution is 2.39.